The van der Waals surface area contributed by atoms with Gasteiger partial charge in [0, 0.05) is 31.3 Å². The first kappa shape index (κ1) is 29.0. The zero-order valence-electron chi connectivity index (χ0n) is 23.4. The number of hydrogen-bond donors (Lipinski definition) is 1. The molecule has 2 aliphatic rings. The van der Waals surface area contributed by atoms with E-state index in [-0.39, 0.29) is 11.3 Å². The van der Waals surface area contributed by atoms with Gasteiger partial charge in [0.2, 0.25) is 5.91 Å². The Balaban J connectivity index is 1.75. The number of carbonyl (C=O) groups is 3. The molecule has 1 N–H and O–H groups in total. The summed E-state index contributed by atoms with van der Waals surface area (Å²) < 4.78 is 10.7. The van der Waals surface area contributed by atoms with E-state index >= 15 is 0 Å². The van der Waals surface area contributed by atoms with Crippen LogP contribution in [-0.4, -0.2) is 54.5 Å². The highest BCUT2D eigenvalue weighted by Crippen LogP contribution is 2.47. The van der Waals surface area contributed by atoms with Crippen molar-refractivity contribution in [2.24, 2.45) is 11.3 Å². The van der Waals surface area contributed by atoms with Crippen molar-refractivity contribution < 1.29 is 23.9 Å². The van der Waals surface area contributed by atoms with E-state index < -0.39 is 17.7 Å². The van der Waals surface area contributed by atoms with Gasteiger partial charge in [-0.3, -0.25) is 9.59 Å². The summed E-state index contributed by atoms with van der Waals surface area (Å²) in [7, 11) is 1.61. The van der Waals surface area contributed by atoms with Gasteiger partial charge in [0.15, 0.2) is 0 Å². The molecule has 2 amide bonds. The summed E-state index contributed by atoms with van der Waals surface area (Å²) in [5, 5.41) is 2.82. The number of methoxy groups -OCH3 is 1. The summed E-state index contributed by atoms with van der Waals surface area (Å²) in [5.74, 6) is 1.42. The molecule has 7 nitrogen and oxygen atoms in total. The largest absolute Gasteiger partial charge is 0.497 e. The lowest BCUT2D eigenvalue weighted by molar-refractivity contribution is -0.144. The number of amides is 2. The maximum Gasteiger partial charge on any atom is 0.408 e. The second-order valence-electron chi connectivity index (χ2n) is 11.7. The predicted molar refractivity (Wildman–Crippen MR) is 145 cm³/mol. The summed E-state index contributed by atoms with van der Waals surface area (Å²) in [5.41, 5.74) is -0.0544. The molecule has 0 spiro atoms. The zero-order valence-corrected chi connectivity index (χ0v) is 23.4. The van der Waals surface area contributed by atoms with E-state index in [0.717, 1.165) is 30.6 Å². The van der Waals surface area contributed by atoms with Crippen LogP contribution >= 0.6 is 0 Å². The Morgan fingerprint density at radius 1 is 1.05 bits per heavy atom. The van der Waals surface area contributed by atoms with Gasteiger partial charge in [-0.15, -0.1) is 0 Å². The van der Waals surface area contributed by atoms with Crippen LogP contribution in [0, 0.1) is 11.3 Å². The minimum atomic E-state index is -0.753. The molecule has 1 atom stereocenters. The number of carbonyl (C=O) groups excluding carboxylic acids is 3. The van der Waals surface area contributed by atoms with E-state index in [2.05, 4.69) is 12.2 Å². The number of benzene rings is 1. The lowest BCUT2D eigenvalue weighted by atomic mass is 9.61. The number of piperidine rings is 1. The van der Waals surface area contributed by atoms with Crippen LogP contribution in [0.4, 0.5) is 4.79 Å². The third-order valence-electron chi connectivity index (χ3n) is 7.97. The van der Waals surface area contributed by atoms with Crippen LogP contribution in [0.1, 0.15) is 91.0 Å². The number of nitrogens with one attached hydrogen (secondary N) is 1. The second-order valence-corrected chi connectivity index (χ2v) is 11.7. The smallest absolute Gasteiger partial charge is 0.408 e. The van der Waals surface area contributed by atoms with Gasteiger partial charge in [0.05, 0.1) is 7.11 Å². The van der Waals surface area contributed by atoms with Crippen molar-refractivity contribution in [2.45, 2.75) is 104 Å². The Morgan fingerprint density at radius 3 is 2.22 bits per heavy atom. The molecule has 1 unspecified atom stereocenters. The van der Waals surface area contributed by atoms with Crippen molar-refractivity contribution in [2.75, 3.05) is 20.2 Å². The molecular formula is C30H46N2O5. The van der Waals surface area contributed by atoms with E-state index in [1.165, 1.54) is 19.3 Å². The molecular weight excluding hydrogens is 468 g/mol. The maximum atomic E-state index is 13.8. The Labute approximate surface area is 222 Å². The molecule has 3 rings (SSSR count). The molecule has 1 aliphatic heterocycles. The lowest BCUT2D eigenvalue weighted by Gasteiger charge is -2.47. The van der Waals surface area contributed by atoms with Gasteiger partial charge in [-0.2, -0.15) is 0 Å². The van der Waals surface area contributed by atoms with E-state index in [0.29, 0.717) is 50.5 Å². The average molecular weight is 515 g/mol. The summed E-state index contributed by atoms with van der Waals surface area (Å²) in [4.78, 5) is 41.7. The van der Waals surface area contributed by atoms with Crippen molar-refractivity contribution >= 4 is 17.8 Å². The van der Waals surface area contributed by atoms with Crippen LogP contribution in [0.3, 0.4) is 0 Å². The van der Waals surface area contributed by atoms with Crippen LogP contribution in [0.5, 0.6) is 5.75 Å². The van der Waals surface area contributed by atoms with Gasteiger partial charge < -0.3 is 19.7 Å². The number of nitrogens with zero attached hydrogens (tertiary/aromatic N) is 1. The van der Waals surface area contributed by atoms with Gasteiger partial charge in [-0.1, -0.05) is 38.3 Å². The fourth-order valence-corrected chi connectivity index (χ4v) is 6.04. The third-order valence-corrected chi connectivity index (χ3v) is 7.97. The molecule has 0 radical (unpaired) electrons. The van der Waals surface area contributed by atoms with Crippen LogP contribution in [0.2, 0.25) is 0 Å². The number of ketones is 1. The molecule has 7 heteroatoms. The molecule has 0 bridgehead atoms. The van der Waals surface area contributed by atoms with Gasteiger partial charge in [-0.25, -0.2) is 4.79 Å². The molecule has 0 aromatic heterocycles. The van der Waals surface area contributed by atoms with Crippen molar-refractivity contribution in [1.82, 2.24) is 10.2 Å². The first-order valence-electron chi connectivity index (χ1n) is 14.0. The molecule has 37 heavy (non-hydrogen) atoms. The number of ether oxygens (including phenoxy) is 2. The average Bonchev–Trinajstić information content (AvgIpc) is 2.88. The highest BCUT2D eigenvalue weighted by molar-refractivity contribution is 5.88. The highest BCUT2D eigenvalue weighted by Gasteiger charge is 2.47. The van der Waals surface area contributed by atoms with Crippen molar-refractivity contribution in [1.29, 1.82) is 0 Å². The molecule has 1 aromatic carbocycles. The first-order valence-corrected chi connectivity index (χ1v) is 14.0. The van der Waals surface area contributed by atoms with E-state index in [4.69, 9.17) is 9.47 Å². The summed E-state index contributed by atoms with van der Waals surface area (Å²) in [6, 6.07) is 6.76. The molecule has 1 saturated carbocycles. The number of Topliss-reactive ketones (excluding diaryl/α,β-unsaturated/α-hetero) is 1. The monoisotopic (exact) mass is 514 g/mol. The van der Waals surface area contributed by atoms with Crippen molar-refractivity contribution in [3.05, 3.63) is 29.8 Å². The minimum absolute atomic E-state index is 0.123. The summed E-state index contributed by atoms with van der Waals surface area (Å²) in [6.07, 6.45) is 8.51. The van der Waals surface area contributed by atoms with Gasteiger partial charge >= 0.3 is 6.09 Å². The molecule has 1 heterocycles. The van der Waals surface area contributed by atoms with Gasteiger partial charge in [0.25, 0.3) is 0 Å². The van der Waals surface area contributed by atoms with Crippen molar-refractivity contribution in [3.63, 3.8) is 0 Å². The quantitative estimate of drug-likeness (QED) is 0.458. The summed E-state index contributed by atoms with van der Waals surface area (Å²) >= 11 is 0. The van der Waals surface area contributed by atoms with Crippen LogP contribution < -0.4 is 10.1 Å². The molecule has 1 aliphatic carbocycles. The topological polar surface area (TPSA) is 84.9 Å². The number of rotatable bonds is 9. The standard InChI is InChI=1S/C30H46N2O5/c1-6-10-26(33)30(23-11-8-7-9-12-23)17-19-32(20-18-30)27(34)25(31-28(35)37-29(2,3)4)21-22-13-15-24(36-5)16-14-22/h13-16,23,25H,6-12,17-21H2,1-5H3,(H,31,35). The number of hydrogen-bond acceptors (Lipinski definition) is 5. The Morgan fingerprint density at radius 2 is 1.68 bits per heavy atom. The van der Waals surface area contributed by atoms with Crippen LogP contribution in [0.15, 0.2) is 24.3 Å². The first-order chi connectivity index (χ1) is 17.6. The zero-order chi connectivity index (χ0) is 27.1. The van der Waals surface area contributed by atoms with Gasteiger partial charge in [-0.05, 0) is 76.5 Å². The van der Waals surface area contributed by atoms with Crippen LogP contribution in [0.25, 0.3) is 0 Å². The van der Waals surface area contributed by atoms with E-state index in [9.17, 15) is 14.4 Å². The second kappa shape index (κ2) is 12.8. The van der Waals surface area contributed by atoms with Crippen LogP contribution in [-0.2, 0) is 20.7 Å². The van der Waals surface area contributed by atoms with E-state index in [1.807, 2.05) is 29.2 Å². The highest BCUT2D eigenvalue weighted by atomic mass is 16.6. The third kappa shape index (κ3) is 7.71. The number of likely N-dealkylation sites (tertiary alicyclic amines) is 1. The summed E-state index contributed by atoms with van der Waals surface area (Å²) in [6.45, 7) is 8.55. The maximum absolute atomic E-state index is 13.8. The molecule has 206 valence electrons. The normalized spacial score (nSPS) is 19.1. The fraction of sp³-hybridized carbons (Fsp3) is 0.700. The molecule has 1 saturated heterocycles. The fourth-order valence-electron chi connectivity index (χ4n) is 6.04. The number of alkyl carbamates (subject to hydrolysis) is 1. The van der Waals surface area contributed by atoms with Gasteiger partial charge in [0.1, 0.15) is 23.2 Å². The SMILES string of the molecule is CCCC(=O)C1(C2CCCCC2)CCN(C(=O)C(Cc2ccc(OC)cc2)NC(=O)OC(C)(C)C)CC1. The predicted octanol–water partition coefficient (Wildman–Crippen LogP) is 5.69. The Kier molecular flexibility index (Phi) is 10.0. The Bertz CT molecular complexity index is 907. The molecule has 2 fully saturated rings. The minimum Gasteiger partial charge on any atom is -0.497 e. The lowest BCUT2D eigenvalue weighted by Crippen LogP contribution is -2.55. The Hall–Kier alpha value is -2.57. The van der Waals surface area contributed by atoms with E-state index in [1.54, 1.807) is 27.9 Å². The van der Waals surface area contributed by atoms with Crippen molar-refractivity contribution in [3.8, 4) is 5.75 Å². The molecule has 1 aromatic rings.